The average molecular weight is 280 g/mol. The molecule has 0 spiro atoms. The van der Waals surface area contributed by atoms with Gasteiger partial charge in [-0.3, -0.25) is 0 Å². The summed E-state index contributed by atoms with van der Waals surface area (Å²) in [6.45, 7) is 6.83. The van der Waals surface area contributed by atoms with E-state index < -0.39 is 8.07 Å². The van der Waals surface area contributed by atoms with Gasteiger partial charge in [-0.05, 0) is 24.3 Å². The molecular weight excluding hydrogens is 264 g/mol. The molecule has 94 valence electrons. The van der Waals surface area contributed by atoms with Gasteiger partial charge in [0.2, 0.25) is 0 Å². The van der Waals surface area contributed by atoms with Gasteiger partial charge in [-0.2, -0.15) is 0 Å². The first-order chi connectivity index (χ1) is 9.03. The predicted octanol–water partition coefficient (Wildman–Crippen LogP) is 5.28. The van der Waals surface area contributed by atoms with Crippen molar-refractivity contribution >= 4 is 39.6 Å². The lowest BCUT2D eigenvalue weighted by Gasteiger charge is -2.03. The molecule has 0 amide bonds. The van der Waals surface area contributed by atoms with E-state index in [4.69, 9.17) is 0 Å². The molecule has 0 aliphatic heterocycles. The molecule has 0 aliphatic carbocycles. The van der Waals surface area contributed by atoms with Crippen LogP contribution < -0.4 is 0 Å². The predicted molar refractivity (Wildman–Crippen MR) is 89.6 cm³/mol. The fourth-order valence-electron chi connectivity index (χ4n) is 2.06. The Labute approximate surface area is 119 Å². The Hall–Kier alpha value is -1.56. The Kier molecular flexibility index (Phi) is 2.97. The summed E-state index contributed by atoms with van der Waals surface area (Å²) in [5, 5.41) is 2.68. The van der Waals surface area contributed by atoms with Crippen LogP contribution in [0.1, 0.15) is 5.56 Å². The smallest absolute Gasteiger partial charge is 0.129 e. The maximum atomic E-state index is 3.44. The van der Waals surface area contributed by atoms with Crippen molar-refractivity contribution < 1.29 is 0 Å². The lowest BCUT2D eigenvalue weighted by Crippen LogP contribution is -2.16. The summed E-state index contributed by atoms with van der Waals surface area (Å²) in [5.41, 5.74) is 4.57. The van der Waals surface area contributed by atoms with E-state index in [9.17, 15) is 0 Å². The van der Waals surface area contributed by atoms with Gasteiger partial charge in [-0.15, -0.1) is 16.9 Å². The highest BCUT2D eigenvalue weighted by atomic mass is 32.1. The molecule has 2 heteroatoms. The number of hydrogen-bond donors (Lipinski definition) is 0. The van der Waals surface area contributed by atoms with Crippen LogP contribution >= 0.6 is 11.3 Å². The second kappa shape index (κ2) is 4.52. The van der Waals surface area contributed by atoms with Crippen LogP contribution in [-0.4, -0.2) is 8.07 Å². The SMILES string of the molecule is C[Si](C)(C)C#Cc1ccc2sc3ccccc3c2c1. The van der Waals surface area contributed by atoms with Gasteiger partial charge >= 0.3 is 0 Å². The van der Waals surface area contributed by atoms with Crippen LogP contribution in [0.4, 0.5) is 0 Å². The highest BCUT2D eigenvalue weighted by molar-refractivity contribution is 7.25. The third-order valence-electron chi connectivity index (χ3n) is 2.96. The molecule has 0 fully saturated rings. The number of fused-ring (bicyclic) bond motifs is 3. The molecule has 0 saturated heterocycles. The Morgan fingerprint density at radius 3 is 2.42 bits per heavy atom. The largest absolute Gasteiger partial charge is 0.135 e. The summed E-state index contributed by atoms with van der Waals surface area (Å²) < 4.78 is 2.70. The molecule has 1 aromatic heterocycles. The van der Waals surface area contributed by atoms with Crippen LogP contribution in [0, 0.1) is 11.5 Å². The summed E-state index contributed by atoms with van der Waals surface area (Å²) in [5.74, 6) is 3.35. The average Bonchev–Trinajstić information content (AvgIpc) is 2.73. The highest BCUT2D eigenvalue weighted by Gasteiger charge is 2.08. The fourth-order valence-corrected chi connectivity index (χ4v) is 3.67. The summed E-state index contributed by atoms with van der Waals surface area (Å²) >= 11 is 1.85. The van der Waals surface area contributed by atoms with Crippen molar-refractivity contribution in [2.45, 2.75) is 19.6 Å². The summed E-state index contributed by atoms with van der Waals surface area (Å²) in [6, 6.07) is 15.2. The van der Waals surface area contributed by atoms with Crippen molar-refractivity contribution in [3.05, 3.63) is 48.0 Å². The van der Waals surface area contributed by atoms with Crippen LogP contribution in [0.5, 0.6) is 0 Å². The van der Waals surface area contributed by atoms with Crippen LogP contribution in [0.15, 0.2) is 42.5 Å². The Morgan fingerprint density at radius 2 is 1.63 bits per heavy atom. The lowest BCUT2D eigenvalue weighted by molar-refractivity contribution is 1.74. The third-order valence-corrected chi connectivity index (χ3v) is 4.99. The minimum Gasteiger partial charge on any atom is -0.135 e. The molecule has 0 unspecified atom stereocenters. The van der Waals surface area contributed by atoms with E-state index in [-0.39, 0.29) is 0 Å². The molecule has 0 nitrogen and oxygen atoms in total. The molecule has 0 saturated carbocycles. The zero-order valence-electron chi connectivity index (χ0n) is 11.4. The molecule has 0 atom stereocenters. The summed E-state index contributed by atoms with van der Waals surface area (Å²) in [7, 11) is -1.30. The van der Waals surface area contributed by atoms with Gasteiger partial charge < -0.3 is 0 Å². The highest BCUT2D eigenvalue weighted by Crippen LogP contribution is 2.33. The first-order valence-corrected chi connectivity index (χ1v) is 10.8. The van der Waals surface area contributed by atoms with Gasteiger partial charge in [-0.25, -0.2) is 0 Å². The van der Waals surface area contributed by atoms with E-state index in [1.807, 2.05) is 11.3 Å². The number of benzene rings is 2. The molecule has 2 aromatic carbocycles. The zero-order valence-corrected chi connectivity index (χ0v) is 13.3. The number of rotatable bonds is 0. The van der Waals surface area contributed by atoms with Gasteiger partial charge in [-0.1, -0.05) is 43.8 Å². The van der Waals surface area contributed by atoms with Crippen LogP contribution in [0.3, 0.4) is 0 Å². The minimum absolute atomic E-state index is 1.14. The standard InChI is InChI=1S/C17H16SSi/c1-19(2,3)11-10-13-8-9-17-15(12-13)14-6-4-5-7-16(14)18-17/h4-9,12H,1-3H3. The first kappa shape index (κ1) is 12.5. The molecule has 1 heterocycles. The van der Waals surface area contributed by atoms with Crippen LogP contribution in [0.25, 0.3) is 20.2 Å². The monoisotopic (exact) mass is 280 g/mol. The van der Waals surface area contributed by atoms with Crippen molar-refractivity contribution in [2.75, 3.05) is 0 Å². The Bertz CT molecular complexity index is 810. The van der Waals surface area contributed by atoms with Crippen molar-refractivity contribution in [3.63, 3.8) is 0 Å². The Morgan fingerprint density at radius 1 is 0.895 bits per heavy atom. The van der Waals surface area contributed by atoms with Crippen molar-refractivity contribution in [1.29, 1.82) is 0 Å². The Balaban J connectivity index is 2.19. The van der Waals surface area contributed by atoms with Crippen molar-refractivity contribution in [1.82, 2.24) is 0 Å². The van der Waals surface area contributed by atoms with E-state index in [0.29, 0.717) is 0 Å². The van der Waals surface area contributed by atoms with E-state index in [1.54, 1.807) is 0 Å². The lowest BCUT2D eigenvalue weighted by atomic mass is 10.1. The van der Waals surface area contributed by atoms with Gasteiger partial charge in [0.15, 0.2) is 0 Å². The second-order valence-electron chi connectivity index (χ2n) is 5.81. The fraction of sp³-hybridized carbons (Fsp3) is 0.176. The molecular formula is C17H16SSi. The first-order valence-electron chi connectivity index (χ1n) is 6.47. The maximum Gasteiger partial charge on any atom is 0.129 e. The van der Waals surface area contributed by atoms with E-state index in [1.165, 1.54) is 20.2 Å². The normalized spacial score (nSPS) is 11.5. The van der Waals surface area contributed by atoms with Crippen molar-refractivity contribution in [2.24, 2.45) is 0 Å². The molecule has 19 heavy (non-hydrogen) atoms. The van der Waals surface area contributed by atoms with Gasteiger partial charge in [0.05, 0.1) is 0 Å². The van der Waals surface area contributed by atoms with E-state index in [0.717, 1.165) is 5.56 Å². The van der Waals surface area contributed by atoms with Crippen LogP contribution in [0.2, 0.25) is 19.6 Å². The molecule has 0 radical (unpaired) electrons. The van der Waals surface area contributed by atoms with Crippen molar-refractivity contribution in [3.8, 4) is 11.5 Å². The molecule has 0 aliphatic rings. The molecule has 3 aromatic rings. The van der Waals surface area contributed by atoms with Gasteiger partial charge in [0, 0.05) is 25.7 Å². The van der Waals surface area contributed by atoms with Gasteiger partial charge in [0.1, 0.15) is 8.07 Å². The van der Waals surface area contributed by atoms with Crippen LogP contribution in [-0.2, 0) is 0 Å². The number of hydrogen-bond acceptors (Lipinski definition) is 1. The maximum absolute atomic E-state index is 3.44. The third kappa shape index (κ3) is 2.58. The van der Waals surface area contributed by atoms with E-state index >= 15 is 0 Å². The molecule has 0 N–H and O–H groups in total. The molecule has 3 rings (SSSR count). The zero-order chi connectivity index (χ0) is 13.5. The van der Waals surface area contributed by atoms with Gasteiger partial charge in [0.25, 0.3) is 0 Å². The molecule has 0 bridgehead atoms. The number of thiophene rings is 1. The van der Waals surface area contributed by atoms with E-state index in [2.05, 4.69) is 73.6 Å². The quantitative estimate of drug-likeness (QED) is 0.388. The minimum atomic E-state index is -1.30. The topological polar surface area (TPSA) is 0 Å². The second-order valence-corrected chi connectivity index (χ2v) is 11.6. The summed E-state index contributed by atoms with van der Waals surface area (Å²) in [4.78, 5) is 0. The summed E-state index contributed by atoms with van der Waals surface area (Å²) in [6.07, 6.45) is 0.